The van der Waals surface area contributed by atoms with Gasteiger partial charge in [-0.25, -0.2) is 9.97 Å². The van der Waals surface area contributed by atoms with Gasteiger partial charge in [0.05, 0.1) is 0 Å². The monoisotopic (exact) mass is 477 g/mol. The molecule has 1 aromatic carbocycles. The molecule has 5 rings (SSSR count). The lowest BCUT2D eigenvalue weighted by Crippen LogP contribution is -2.53. The van der Waals surface area contributed by atoms with E-state index in [2.05, 4.69) is 34.2 Å². The van der Waals surface area contributed by atoms with Crippen molar-refractivity contribution in [3.63, 3.8) is 0 Å². The number of aryl methyl sites for hydroxylation is 1. The average molecular weight is 478 g/mol. The number of amides is 1. The molecule has 3 heterocycles. The Morgan fingerprint density at radius 3 is 2.50 bits per heavy atom. The minimum Gasteiger partial charge on any atom is -0.356 e. The molecule has 2 aliphatic heterocycles. The number of nitrogens with zero attached hydrogens (tertiary/aromatic N) is 4. The van der Waals surface area contributed by atoms with Crippen molar-refractivity contribution in [2.24, 2.45) is 5.92 Å². The minimum absolute atomic E-state index is 0. The van der Waals surface area contributed by atoms with Gasteiger partial charge in [0, 0.05) is 61.5 Å². The molecule has 174 valence electrons. The number of nitrogens with one attached hydrogen (secondary N) is 1. The second-order valence-corrected chi connectivity index (χ2v) is 8.92. The number of benzene rings is 1. The van der Waals surface area contributed by atoms with Gasteiger partial charge in [0.1, 0.15) is 5.82 Å². The maximum Gasteiger partial charge on any atom is 0.225 e. The molecule has 1 amide bonds. The third-order valence-electron chi connectivity index (χ3n) is 6.77. The smallest absolute Gasteiger partial charge is 0.225 e. The second-order valence-electron chi connectivity index (χ2n) is 8.92. The third kappa shape index (κ3) is 5.03. The van der Waals surface area contributed by atoms with Crippen LogP contribution in [0, 0.1) is 5.92 Å². The van der Waals surface area contributed by atoms with E-state index in [0.29, 0.717) is 11.9 Å². The number of piperazine rings is 1. The largest absolute Gasteiger partial charge is 0.356 e. The van der Waals surface area contributed by atoms with Crippen molar-refractivity contribution < 1.29 is 4.79 Å². The van der Waals surface area contributed by atoms with E-state index in [1.807, 2.05) is 18.2 Å². The molecular weight excluding hydrogens is 445 g/mol. The van der Waals surface area contributed by atoms with Crippen LogP contribution in [0.25, 0.3) is 11.4 Å². The molecule has 0 spiro atoms. The SMILES string of the molecule is CC1CN(C(=O)C2CCN(c3nc(-c4ccccc4)nc4c3CCC4)CC2)CCN1.Cl.Cl. The van der Waals surface area contributed by atoms with Gasteiger partial charge >= 0.3 is 0 Å². The van der Waals surface area contributed by atoms with Crippen molar-refractivity contribution in [1.29, 1.82) is 0 Å². The molecule has 1 aliphatic carbocycles. The molecule has 0 radical (unpaired) electrons. The van der Waals surface area contributed by atoms with Crippen LogP contribution in [0.5, 0.6) is 0 Å². The lowest BCUT2D eigenvalue weighted by molar-refractivity contribution is -0.137. The fourth-order valence-electron chi connectivity index (χ4n) is 5.12. The fourth-order valence-corrected chi connectivity index (χ4v) is 5.12. The number of fused-ring (bicyclic) bond motifs is 1. The second kappa shape index (κ2) is 10.8. The number of hydrogen-bond acceptors (Lipinski definition) is 5. The molecule has 1 atom stereocenters. The van der Waals surface area contributed by atoms with Crippen LogP contribution in [-0.2, 0) is 17.6 Å². The summed E-state index contributed by atoms with van der Waals surface area (Å²) in [4.78, 5) is 27.4. The molecule has 6 nitrogen and oxygen atoms in total. The number of carbonyl (C=O) groups excluding carboxylic acids is 1. The maximum atomic E-state index is 13.0. The van der Waals surface area contributed by atoms with Gasteiger partial charge in [-0.15, -0.1) is 24.8 Å². The summed E-state index contributed by atoms with van der Waals surface area (Å²) in [7, 11) is 0. The van der Waals surface area contributed by atoms with Crippen LogP contribution in [0.2, 0.25) is 0 Å². The Morgan fingerprint density at radius 2 is 1.78 bits per heavy atom. The van der Waals surface area contributed by atoms with Crippen LogP contribution in [-0.4, -0.2) is 59.5 Å². The van der Waals surface area contributed by atoms with Gasteiger partial charge in [-0.3, -0.25) is 4.79 Å². The summed E-state index contributed by atoms with van der Waals surface area (Å²) in [6, 6.07) is 10.7. The average Bonchev–Trinajstić information content (AvgIpc) is 3.27. The predicted molar refractivity (Wildman–Crippen MR) is 133 cm³/mol. The van der Waals surface area contributed by atoms with Crippen molar-refractivity contribution >= 4 is 36.5 Å². The first-order valence-electron chi connectivity index (χ1n) is 11.4. The Bertz CT molecular complexity index is 918. The first kappa shape index (κ1) is 24.7. The molecule has 32 heavy (non-hydrogen) atoms. The molecular formula is C24H33Cl2N5O. The Balaban J connectivity index is 0.00000144. The molecule has 0 saturated carbocycles. The van der Waals surface area contributed by atoms with E-state index in [4.69, 9.17) is 9.97 Å². The summed E-state index contributed by atoms with van der Waals surface area (Å²) < 4.78 is 0. The number of piperidine rings is 1. The van der Waals surface area contributed by atoms with Gasteiger partial charge in [0.15, 0.2) is 5.82 Å². The van der Waals surface area contributed by atoms with Crippen LogP contribution >= 0.6 is 24.8 Å². The highest BCUT2D eigenvalue weighted by molar-refractivity contribution is 5.85. The Kier molecular flexibility index (Phi) is 8.37. The molecule has 8 heteroatoms. The molecule has 2 aromatic rings. The van der Waals surface area contributed by atoms with Crippen molar-refractivity contribution in [1.82, 2.24) is 20.2 Å². The van der Waals surface area contributed by atoms with Gasteiger partial charge in [0.25, 0.3) is 0 Å². The van der Waals surface area contributed by atoms with E-state index in [1.165, 1.54) is 11.3 Å². The van der Waals surface area contributed by atoms with Gasteiger partial charge in [-0.2, -0.15) is 0 Å². The molecule has 0 bridgehead atoms. The maximum absolute atomic E-state index is 13.0. The zero-order valence-corrected chi connectivity index (χ0v) is 20.3. The van der Waals surface area contributed by atoms with Crippen LogP contribution in [0.4, 0.5) is 5.82 Å². The number of hydrogen-bond donors (Lipinski definition) is 1. The first-order valence-corrected chi connectivity index (χ1v) is 11.4. The molecule has 1 unspecified atom stereocenters. The van der Waals surface area contributed by atoms with Crippen LogP contribution in [0.15, 0.2) is 30.3 Å². The van der Waals surface area contributed by atoms with Gasteiger partial charge in [0.2, 0.25) is 5.91 Å². The molecule has 3 aliphatic rings. The highest BCUT2D eigenvalue weighted by Crippen LogP contribution is 2.33. The number of rotatable bonds is 3. The topological polar surface area (TPSA) is 61.4 Å². The van der Waals surface area contributed by atoms with Gasteiger partial charge < -0.3 is 15.1 Å². The Labute approximate surface area is 203 Å². The van der Waals surface area contributed by atoms with Gasteiger partial charge in [-0.05, 0) is 39.0 Å². The standard InChI is InChI=1S/C24H31N5O.2ClH/c1-17-16-29(15-12-25-17)24(30)19-10-13-28(14-11-19)23-20-8-5-9-21(20)26-22(27-23)18-6-3-2-4-7-18;;/h2-4,6-7,17,19,25H,5,8-16H2,1H3;2*1H. The normalized spacial score (nSPS) is 20.8. The summed E-state index contributed by atoms with van der Waals surface area (Å²) in [6.07, 6.45) is 5.09. The highest BCUT2D eigenvalue weighted by atomic mass is 35.5. The van der Waals surface area contributed by atoms with Gasteiger partial charge in [-0.1, -0.05) is 30.3 Å². The number of aromatic nitrogens is 2. The van der Waals surface area contributed by atoms with Crippen molar-refractivity contribution in [2.75, 3.05) is 37.6 Å². The Hall–Kier alpha value is -1.89. The zero-order chi connectivity index (χ0) is 20.5. The molecule has 2 saturated heterocycles. The van der Waals surface area contributed by atoms with E-state index in [0.717, 1.165) is 82.0 Å². The number of anilines is 1. The molecule has 2 fully saturated rings. The van der Waals surface area contributed by atoms with E-state index in [9.17, 15) is 4.79 Å². The fraction of sp³-hybridized carbons (Fsp3) is 0.542. The van der Waals surface area contributed by atoms with Crippen molar-refractivity contribution in [3.05, 3.63) is 41.6 Å². The zero-order valence-electron chi connectivity index (χ0n) is 18.6. The summed E-state index contributed by atoms with van der Waals surface area (Å²) >= 11 is 0. The highest BCUT2D eigenvalue weighted by Gasteiger charge is 2.32. The lowest BCUT2D eigenvalue weighted by Gasteiger charge is -2.38. The summed E-state index contributed by atoms with van der Waals surface area (Å²) in [6.45, 7) is 6.52. The van der Waals surface area contributed by atoms with E-state index in [1.54, 1.807) is 0 Å². The minimum atomic E-state index is 0. The van der Waals surface area contributed by atoms with Crippen LogP contribution in [0.3, 0.4) is 0 Å². The lowest BCUT2D eigenvalue weighted by atomic mass is 9.94. The number of carbonyl (C=O) groups is 1. The van der Waals surface area contributed by atoms with E-state index < -0.39 is 0 Å². The molecule has 1 N–H and O–H groups in total. The quantitative estimate of drug-likeness (QED) is 0.732. The van der Waals surface area contributed by atoms with Crippen LogP contribution < -0.4 is 10.2 Å². The summed E-state index contributed by atoms with van der Waals surface area (Å²) in [5.41, 5.74) is 3.62. The number of halogens is 2. The van der Waals surface area contributed by atoms with E-state index >= 15 is 0 Å². The van der Waals surface area contributed by atoms with Crippen molar-refractivity contribution in [3.8, 4) is 11.4 Å². The summed E-state index contributed by atoms with van der Waals surface area (Å²) in [5.74, 6) is 2.44. The van der Waals surface area contributed by atoms with E-state index in [-0.39, 0.29) is 30.7 Å². The van der Waals surface area contributed by atoms with Crippen LogP contribution in [0.1, 0.15) is 37.4 Å². The Morgan fingerprint density at radius 1 is 1.03 bits per heavy atom. The predicted octanol–water partition coefficient (Wildman–Crippen LogP) is 3.51. The van der Waals surface area contributed by atoms with Crippen molar-refractivity contribution in [2.45, 2.75) is 45.1 Å². The third-order valence-corrected chi connectivity index (χ3v) is 6.77. The first-order chi connectivity index (χ1) is 14.7. The molecule has 1 aromatic heterocycles. The summed E-state index contributed by atoms with van der Waals surface area (Å²) in [5, 5.41) is 3.42.